The molecule has 1 saturated heterocycles. The molecule has 1 fully saturated rings. The van der Waals surface area contributed by atoms with Crippen LogP contribution in [0.15, 0.2) is 6.20 Å². The second kappa shape index (κ2) is 4.45. The molecule has 0 saturated carbocycles. The number of hydrogen-bond acceptors (Lipinski definition) is 2. The van der Waals surface area contributed by atoms with Crippen molar-refractivity contribution in [2.24, 2.45) is 7.05 Å². The van der Waals surface area contributed by atoms with Crippen molar-refractivity contribution in [3.05, 3.63) is 17.5 Å². The van der Waals surface area contributed by atoms with Gasteiger partial charge in [0.15, 0.2) is 0 Å². The summed E-state index contributed by atoms with van der Waals surface area (Å²) >= 11 is 0. The SMILES string of the molecule is Cc1cnn(C)c1C1CCCN(C(C)(C)C)C1. The Balaban J connectivity index is 2.18. The molecule has 0 spiro atoms. The lowest BCUT2D eigenvalue weighted by atomic mass is 9.90. The average molecular weight is 235 g/mol. The Labute approximate surface area is 105 Å². The van der Waals surface area contributed by atoms with Gasteiger partial charge in [-0.15, -0.1) is 0 Å². The third-order valence-corrected chi connectivity index (χ3v) is 3.93. The van der Waals surface area contributed by atoms with Gasteiger partial charge < -0.3 is 0 Å². The molecule has 0 N–H and O–H groups in total. The molecule has 1 atom stereocenters. The van der Waals surface area contributed by atoms with E-state index in [1.807, 2.05) is 6.20 Å². The minimum Gasteiger partial charge on any atom is -0.298 e. The molecule has 0 aliphatic carbocycles. The summed E-state index contributed by atoms with van der Waals surface area (Å²) < 4.78 is 2.06. The van der Waals surface area contributed by atoms with E-state index in [-0.39, 0.29) is 5.54 Å². The lowest BCUT2D eigenvalue weighted by molar-refractivity contribution is 0.0968. The van der Waals surface area contributed by atoms with Crippen LogP contribution in [-0.2, 0) is 7.05 Å². The Morgan fingerprint density at radius 1 is 1.35 bits per heavy atom. The summed E-state index contributed by atoms with van der Waals surface area (Å²) in [5.41, 5.74) is 3.05. The topological polar surface area (TPSA) is 21.1 Å². The monoisotopic (exact) mass is 235 g/mol. The number of piperidine rings is 1. The van der Waals surface area contributed by atoms with Crippen LogP contribution in [-0.4, -0.2) is 33.3 Å². The van der Waals surface area contributed by atoms with E-state index in [1.165, 1.54) is 37.2 Å². The Morgan fingerprint density at radius 3 is 2.59 bits per heavy atom. The highest BCUT2D eigenvalue weighted by Gasteiger charge is 2.30. The highest BCUT2D eigenvalue weighted by Crippen LogP contribution is 2.31. The molecule has 0 radical (unpaired) electrons. The van der Waals surface area contributed by atoms with Crippen LogP contribution in [0.25, 0.3) is 0 Å². The summed E-state index contributed by atoms with van der Waals surface area (Å²) in [4.78, 5) is 2.60. The molecule has 17 heavy (non-hydrogen) atoms. The van der Waals surface area contributed by atoms with Crippen LogP contribution in [0.1, 0.15) is 50.8 Å². The molecule has 1 aromatic heterocycles. The molecule has 1 aromatic rings. The van der Waals surface area contributed by atoms with Crippen LogP contribution in [0.2, 0.25) is 0 Å². The standard InChI is InChI=1S/C14H25N3/c1-11-9-15-16(5)13(11)12-7-6-8-17(10-12)14(2,3)4/h9,12H,6-8,10H2,1-5H3. The van der Waals surface area contributed by atoms with Crippen molar-refractivity contribution in [3.8, 4) is 0 Å². The third kappa shape index (κ3) is 2.54. The predicted molar refractivity (Wildman–Crippen MR) is 71.2 cm³/mol. The first-order valence-corrected chi connectivity index (χ1v) is 6.63. The number of aryl methyl sites for hydroxylation is 2. The van der Waals surface area contributed by atoms with E-state index in [9.17, 15) is 0 Å². The Hall–Kier alpha value is -0.830. The molecular weight excluding hydrogens is 210 g/mol. The van der Waals surface area contributed by atoms with E-state index >= 15 is 0 Å². The summed E-state index contributed by atoms with van der Waals surface area (Å²) in [6.45, 7) is 11.5. The van der Waals surface area contributed by atoms with Crippen LogP contribution in [0.5, 0.6) is 0 Å². The predicted octanol–water partition coefficient (Wildman–Crippen LogP) is 2.71. The van der Waals surface area contributed by atoms with Crippen molar-refractivity contribution < 1.29 is 0 Å². The van der Waals surface area contributed by atoms with Gasteiger partial charge in [0.05, 0.1) is 6.20 Å². The first-order valence-electron chi connectivity index (χ1n) is 6.63. The van der Waals surface area contributed by atoms with Gasteiger partial charge in [-0.05, 0) is 52.6 Å². The van der Waals surface area contributed by atoms with E-state index in [1.54, 1.807) is 0 Å². The van der Waals surface area contributed by atoms with Crippen molar-refractivity contribution in [1.82, 2.24) is 14.7 Å². The lowest BCUT2D eigenvalue weighted by Crippen LogP contribution is -2.47. The van der Waals surface area contributed by atoms with E-state index in [0.29, 0.717) is 5.92 Å². The maximum absolute atomic E-state index is 4.38. The van der Waals surface area contributed by atoms with Crippen LogP contribution < -0.4 is 0 Å². The smallest absolute Gasteiger partial charge is 0.0521 e. The molecule has 3 heteroatoms. The first kappa shape index (κ1) is 12.6. The van der Waals surface area contributed by atoms with E-state index in [4.69, 9.17) is 0 Å². The van der Waals surface area contributed by atoms with Crippen LogP contribution in [0.4, 0.5) is 0 Å². The first-order chi connectivity index (χ1) is 7.89. The lowest BCUT2D eigenvalue weighted by Gasteiger charge is -2.41. The normalized spacial score (nSPS) is 23.0. The van der Waals surface area contributed by atoms with Gasteiger partial charge in [0.25, 0.3) is 0 Å². The van der Waals surface area contributed by atoms with Gasteiger partial charge in [-0.2, -0.15) is 5.10 Å². The Bertz CT molecular complexity index is 367. The van der Waals surface area contributed by atoms with Gasteiger partial charge >= 0.3 is 0 Å². The van der Waals surface area contributed by atoms with Gasteiger partial charge in [0.2, 0.25) is 0 Å². The summed E-state index contributed by atoms with van der Waals surface area (Å²) in [6, 6.07) is 0. The molecule has 3 nitrogen and oxygen atoms in total. The van der Waals surface area contributed by atoms with Crippen molar-refractivity contribution in [2.75, 3.05) is 13.1 Å². The van der Waals surface area contributed by atoms with E-state index in [0.717, 1.165) is 0 Å². The molecule has 1 aliphatic rings. The average Bonchev–Trinajstić information content (AvgIpc) is 2.57. The number of aromatic nitrogens is 2. The molecule has 0 amide bonds. The fraction of sp³-hybridized carbons (Fsp3) is 0.786. The van der Waals surface area contributed by atoms with Crippen molar-refractivity contribution >= 4 is 0 Å². The van der Waals surface area contributed by atoms with Crippen molar-refractivity contribution in [3.63, 3.8) is 0 Å². The molecule has 2 heterocycles. The highest BCUT2D eigenvalue weighted by molar-refractivity contribution is 5.21. The van der Waals surface area contributed by atoms with Gasteiger partial charge in [-0.3, -0.25) is 9.58 Å². The maximum atomic E-state index is 4.38. The molecule has 1 unspecified atom stereocenters. The maximum Gasteiger partial charge on any atom is 0.0521 e. The highest BCUT2D eigenvalue weighted by atomic mass is 15.3. The van der Waals surface area contributed by atoms with Crippen LogP contribution >= 0.6 is 0 Å². The molecule has 0 bridgehead atoms. The van der Waals surface area contributed by atoms with Gasteiger partial charge in [0.1, 0.15) is 0 Å². The minimum atomic E-state index is 0.283. The van der Waals surface area contributed by atoms with Gasteiger partial charge in [-0.1, -0.05) is 0 Å². The quantitative estimate of drug-likeness (QED) is 0.746. The number of likely N-dealkylation sites (tertiary alicyclic amines) is 1. The molecule has 0 aromatic carbocycles. The van der Waals surface area contributed by atoms with Crippen molar-refractivity contribution in [2.45, 2.75) is 52.0 Å². The van der Waals surface area contributed by atoms with E-state index < -0.39 is 0 Å². The summed E-state index contributed by atoms with van der Waals surface area (Å²) in [6.07, 6.45) is 4.59. The summed E-state index contributed by atoms with van der Waals surface area (Å²) in [5, 5.41) is 4.38. The van der Waals surface area contributed by atoms with Gasteiger partial charge in [0, 0.05) is 30.7 Å². The number of nitrogens with zero attached hydrogens (tertiary/aromatic N) is 3. The van der Waals surface area contributed by atoms with Crippen molar-refractivity contribution in [1.29, 1.82) is 0 Å². The Kier molecular flexibility index (Phi) is 3.30. The number of hydrogen-bond donors (Lipinski definition) is 0. The zero-order valence-electron chi connectivity index (χ0n) is 11.8. The fourth-order valence-electron chi connectivity index (χ4n) is 2.95. The Morgan fingerprint density at radius 2 is 2.06 bits per heavy atom. The fourth-order valence-corrected chi connectivity index (χ4v) is 2.95. The number of rotatable bonds is 1. The van der Waals surface area contributed by atoms with Gasteiger partial charge in [-0.25, -0.2) is 0 Å². The van der Waals surface area contributed by atoms with Crippen LogP contribution in [0.3, 0.4) is 0 Å². The van der Waals surface area contributed by atoms with Crippen LogP contribution in [0, 0.1) is 6.92 Å². The second-order valence-electron chi connectivity index (χ2n) is 6.29. The molecule has 96 valence electrons. The summed E-state index contributed by atoms with van der Waals surface area (Å²) in [5.74, 6) is 0.649. The zero-order valence-corrected chi connectivity index (χ0v) is 11.8. The third-order valence-electron chi connectivity index (χ3n) is 3.93. The summed E-state index contributed by atoms with van der Waals surface area (Å²) in [7, 11) is 2.07. The zero-order chi connectivity index (χ0) is 12.6. The second-order valence-corrected chi connectivity index (χ2v) is 6.29. The molecule has 2 rings (SSSR count). The largest absolute Gasteiger partial charge is 0.298 e. The minimum absolute atomic E-state index is 0.283. The van der Waals surface area contributed by atoms with E-state index in [2.05, 4.69) is 49.4 Å². The molecule has 1 aliphatic heterocycles. The molecular formula is C14H25N3.